The molecule has 1 aromatic heterocycles. The Labute approximate surface area is 102 Å². The Kier molecular flexibility index (Phi) is 2.78. The third-order valence-electron chi connectivity index (χ3n) is 2.80. The molecule has 0 aliphatic rings. The summed E-state index contributed by atoms with van der Waals surface area (Å²) in [5, 5.41) is 9.63. The van der Waals surface area contributed by atoms with Crippen LogP contribution in [0.25, 0.3) is 10.9 Å². The number of carbonyl (C=O) groups is 2. The van der Waals surface area contributed by atoms with Gasteiger partial charge in [0.1, 0.15) is 18.1 Å². The number of fused-ring (bicyclic) bond motifs is 1. The molecule has 0 aliphatic carbocycles. The molecule has 0 atom stereocenters. The Bertz CT molecular complexity index is 661. The lowest BCUT2D eigenvalue weighted by atomic mass is 10.1. The minimum atomic E-state index is -1.18. The zero-order valence-electron chi connectivity index (χ0n) is 9.61. The van der Waals surface area contributed by atoms with Crippen LogP contribution in [0.15, 0.2) is 18.2 Å². The molecule has 3 N–H and O–H groups in total. The molecule has 18 heavy (non-hydrogen) atoms. The molecular weight excluding hydrogens is 239 g/mol. The van der Waals surface area contributed by atoms with Gasteiger partial charge in [0.25, 0.3) is 0 Å². The number of aryl methyl sites for hydroxylation is 1. The molecule has 0 saturated carbocycles. The second-order valence-electron chi connectivity index (χ2n) is 3.99. The summed E-state index contributed by atoms with van der Waals surface area (Å²) in [4.78, 5) is 22.2. The van der Waals surface area contributed by atoms with E-state index < -0.39 is 17.7 Å². The second kappa shape index (κ2) is 4.14. The fraction of sp³-hybridized carbons (Fsp3) is 0.167. The number of rotatable bonds is 3. The summed E-state index contributed by atoms with van der Waals surface area (Å²) in [5.41, 5.74) is 5.94. The average Bonchev–Trinajstić information content (AvgIpc) is 2.51. The van der Waals surface area contributed by atoms with Crippen molar-refractivity contribution in [2.24, 2.45) is 5.73 Å². The van der Waals surface area contributed by atoms with Crippen LogP contribution in [0.5, 0.6) is 0 Å². The highest BCUT2D eigenvalue weighted by Gasteiger charge is 2.20. The monoisotopic (exact) mass is 250 g/mol. The number of carboxylic acids is 1. The minimum Gasteiger partial charge on any atom is -0.477 e. The number of nitrogens with two attached hydrogens (primary N) is 1. The number of primary amides is 1. The summed E-state index contributed by atoms with van der Waals surface area (Å²) >= 11 is 0. The predicted octanol–water partition coefficient (Wildman–Crippen LogP) is 1.27. The molecule has 0 bridgehead atoms. The molecule has 1 amide bonds. The highest BCUT2D eigenvalue weighted by atomic mass is 19.1. The highest BCUT2D eigenvalue weighted by molar-refractivity contribution is 5.98. The molecule has 0 unspecified atom stereocenters. The van der Waals surface area contributed by atoms with E-state index in [1.807, 2.05) is 0 Å². The Morgan fingerprint density at radius 3 is 2.67 bits per heavy atom. The predicted molar refractivity (Wildman–Crippen MR) is 62.8 cm³/mol. The van der Waals surface area contributed by atoms with Gasteiger partial charge < -0.3 is 15.4 Å². The number of aromatic nitrogens is 1. The maximum Gasteiger partial charge on any atom is 0.352 e. The van der Waals surface area contributed by atoms with E-state index in [2.05, 4.69) is 0 Å². The van der Waals surface area contributed by atoms with E-state index in [0.29, 0.717) is 16.5 Å². The molecule has 0 saturated heterocycles. The average molecular weight is 250 g/mol. The Morgan fingerprint density at radius 2 is 2.11 bits per heavy atom. The first-order valence-electron chi connectivity index (χ1n) is 5.21. The summed E-state index contributed by atoms with van der Waals surface area (Å²) in [6.07, 6.45) is 0. The van der Waals surface area contributed by atoms with Gasteiger partial charge in [-0.2, -0.15) is 0 Å². The van der Waals surface area contributed by atoms with Gasteiger partial charge in [-0.1, -0.05) is 0 Å². The first-order valence-corrected chi connectivity index (χ1v) is 5.21. The molecule has 0 fully saturated rings. The van der Waals surface area contributed by atoms with Crippen molar-refractivity contribution in [3.8, 4) is 0 Å². The van der Waals surface area contributed by atoms with Gasteiger partial charge in [0.05, 0.1) is 0 Å². The quantitative estimate of drug-likeness (QED) is 0.860. The standard InChI is InChI=1S/C12H11FN2O3/c1-6-8-4-7(13)2-3-9(8)15(5-10(14)16)11(6)12(17)18/h2-4H,5H2,1H3,(H2,14,16)(H,17,18). The molecule has 2 aromatic rings. The summed E-state index contributed by atoms with van der Waals surface area (Å²) in [5.74, 6) is -2.29. The van der Waals surface area contributed by atoms with E-state index in [1.165, 1.54) is 22.8 Å². The van der Waals surface area contributed by atoms with Crippen molar-refractivity contribution in [1.29, 1.82) is 0 Å². The summed E-state index contributed by atoms with van der Waals surface area (Å²) in [7, 11) is 0. The number of carboxylic acid groups (broad SMARTS) is 1. The van der Waals surface area contributed by atoms with Gasteiger partial charge in [0, 0.05) is 10.9 Å². The molecule has 0 spiro atoms. The largest absolute Gasteiger partial charge is 0.477 e. The first-order chi connectivity index (χ1) is 8.41. The molecule has 1 heterocycles. The molecule has 2 rings (SSSR count). The van der Waals surface area contributed by atoms with E-state index >= 15 is 0 Å². The smallest absolute Gasteiger partial charge is 0.352 e. The van der Waals surface area contributed by atoms with E-state index in [9.17, 15) is 14.0 Å². The van der Waals surface area contributed by atoms with Crippen molar-refractivity contribution in [1.82, 2.24) is 4.57 Å². The number of carbonyl (C=O) groups excluding carboxylic acids is 1. The van der Waals surface area contributed by atoms with Crippen LogP contribution in [-0.4, -0.2) is 21.6 Å². The third kappa shape index (κ3) is 1.81. The fourth-order valence-electron chi connectivity index (χ4n) is 2.09. The van der Waals surface area contributed by atoms with E-state index in [-0.39, 0.29) is 12.2 Å². The summed E-state index contributed by atoms with van der Waals surface area (Å²) < 4.78 is 14.5. The van der Waals surface area contributed by atoms with E-state index in [1.54, 1.807) is 6.92 Å². The number of hydrogen-bond acceptors (Lipinski definition) is 2. The number of aromatic carboxylic acids is 1. The van der Waals surface area contributed by atoms with Crippen LogP contribution < -0.4 is 5.73 Å². The van der Waals surface area contributed by atoms with Crippen LogP contribution in [0.4, 0.5) is 4.39 Å². The van der Waals surface area contributed by atoms with Gasteiger partial charge in [-0.3, -0.25) is 4.79 Å². The van der Waals surface area contributed by atoms with Gasteiger partial charge in [0.15, 0.2) is 0 Å². The van der Waals surface area contributed by atoms with Crippen molar-refractivity contribution in [3.63, 3.8) is 0 Å². The molecule has 0 radical (unpaired) electrons. The van der Waals surface area contributed by atoms with Crippen LogP contribution in [-0.2, 0) is 11.3 Å². The summed E-state index contributed by atoms with van der Waals surface area (Å²) in [6, 6.07) is 3.90. The lowest BCUT2D eigenvalue weighted by Gasteiger charge is -2.05. The van der Waals surface area contributed by atoms with Crippen molar-refractivity contribution in [2.75, 3.05) is 0 Å². The SMILES string of the molecule is Cc1c(C(=O)O)n(CC(N)=O)c2ccc(F)cc12. The van der Waals surface area contributed by atoms with Crippen molar-refractivity contribution < 1.29 is 19.1 Å². The van der Waals surface area contributed by atoms with Gasteiger partial charge in [-0.05, 0) is 30.7 Å². The van der Waals surface area contributed by atoms with Crippen LogP contribution in [0.2, 0.25) is 0 Å². The zero-order chi connectivity index (χ0) is 13.4. The van der Waals surface area contributed by atoms with Crippen LogP contribution >= 0.6 is 0 Å². The topological polar surface area (TPSA) is 85.3 Å². The number of hydrogen-bond donors (Lipinski definition) is 2. The Morgan fingerprint density at radius 1 is 1.44 bits per heavy atom. The normalized spacial score (nSPS) is 10.8. The van der Waals surface area contributed by atoms with Crippen molar-refractivity contribution in [2.45, 2.75) is 13.5 Å². The highest BCUT2D eigenvalue weighted by Crippen LogP contribution is 2.26. The molecule has 5 nitrogen and oxygen atoms in total. The fourth-order valence-corrected chi connectivity index (χ4v) is 2.09. The first kappa shape index (κ1) is 12.1. The Hall–Kier alpha value is -2.37. The van der Waals surface area contributed by atoms with Crippen molar-refractivity contribution >= 4 is 22.8 Å². The van der Waals surface area contributed by atoms with E-state index in [4.69, 9.17) is 10.8 Å². The third-order valence-corrected chi connectivity index (χ3v) is 2.80. The number of benzene rings is 1. The van der Waals surface area contributed by atoms with Gasteiger partial charge in [-0.25, -0.2) is 9.18 Å². The second-order valence-corrected chi connectivity index (χ2v) is 3.99. The van der Waals surface area contributed by atoms with Gasteiger partial charge in [-0.15, -0.1) is 0 Å². The summed E-state index contributed by atoms with van der Waals surface area (Å²) in [6.45, 7) is 1.32. The van der Waals surface area contributed by atoms with Gasteiger partial charge >= 0.3 is 5.97 Å². The van der Waals surface area contributed by atoms with E-state index in [0.717, 1.165) is 0 Å². The number of halogens is 1. The lowest BCUT2D eigenvalue weighted by Crippen LogP contribution is -2.21. The molecule has 94 valence electrons. The molecule has 0 aliphatic heterocycles. The lowest BCUT2D eigenvalue weighted by molar-refractivity contribution is -0.118. The van der Waals surface area contributed by atoms with Crippen molar-refractivity contribution in [3.05, 3.63) is 35.3 Å². The van der Waals surface area contributed by atoms with Crippen LogP contribution in [0.3, 0.4) is 0 Å². The van der Waals surface area contributed by atoms with Gasteiger partial charge in [0.2, 0.25) is 5.91 Å². The maximum absolute atomic E-state index is 13.2. The molecular formula is C12H11FN2O3. The maximum atomic E-state index is 13.2. The Balaban J connectivity index is 2.83. The molecule has 6 heteroatoms. The molecule has 1 aromatic carbocycles. The van der Waals surface area contributed by atoms with Crippen LogP contribution in [0, 0.1) is 12.7 Å². The minimum absolute atomic E-state index is 0.0469. The number of amides is 1. The zero-order valence-corrected chi connectivity index (χ0v) is 9.61. The number of nitrogens with zero attached hydrogens (tertiary/aromatic N) is 1. The van der Waals surface area contributed by atoms with Crippen LogP contribution in [0.1, 0.15) is 16.1 Å².